The summed E-state index contributed by atoms with van der Waals surface area (Å²) in [5.41, 5.74) is 13.1. The lowest BCUT2D eigenvalue weighted by atomic mass is 9.57. The standard InChI is InChI=1S/C54H45N5/c1-34-33-53(2,3)47-39(23-16-24-44(47)54(34,4)5)35-27-29-38(30-28-35)58-45-25-14-12-21-40(45)42-31-32-43-41-22-13-15-26-46(41)59(49(43)48(42)58)52-56-50(36-17-8-6-9-18-36)55-51(57-52)37-19-10-7-11-20-37/h6-32,34H,33H2,1-5H3. The molecule has 0 spiro atoms. The summed E-state index contributed by atoms with van der Waals surface area (Å²) >= 11 is 0. The first-order chi connectivity index (χ1) is 28.7. The molecule has 3 heterocycles. The lowest BCUT2D eigenvalue weighted by molar-refractivity contribution is 0.234. The fraction of sp³-hybridized carbons (Fsp3) is 0.167. The highest BCUT2D eigenvalue weighted by Gasteiger charge is 2.43. The molecule has 59 heavy (non-hydrogen) atoms. The predicted molar refractivity (Wildman–Crippen MR) is 245 cm³/mol. The Bertz CT molecular complexity index is 3180. The molecule has 0 aliphatic heterocycles. The molecule has 286 valence electrons. The van der Waals surface area contributed by atoms with Crippen molar-refractivity contribution in [3.8, 4) is 45.5 Å². The zero-order chi connectivity index (χ0) is 40.0. The summed E-state index contributed by atoms with van der Waals surface area (Å²) in [5.74, 6) is 2.44. The molecule has 0 saturated carbocycles. The van der Waals surface area contributed by atoms with Crippen LogP contribution in [-0.2, 0) is 10.8 Å². The third kappa shape index (κ3) is 5.41. The van der Waals surface area contributed by atoms with E-state index in [1.54, 1.807) is 0 Å². The van der Waals surface area contributed by atoms with Crippen molar-refractivity contribution in [2.75, 3.05) is 0 Å². The highest BCUT2D eigenvalue weighted by atomic mass is 15.2. The summed E-state index contributed by atoms with van der Waals surface area (Å²) < 4.78 is 4.71. The van der Waals surface area contributed by atoms with Gasteiger partial charge in [0.2, 0.25) is 5.95 Å². The van der Waals surface area contributed by atoms with Gasteiger partial charge in [-0.25, -0.2) is 4.98 Å². The van der Waals surface area contributed by atoms with Crippen LogP contribution in [0, 0.1) is 5.92 Å². The Morgan fingerprint density at radius 1 is 0.475 bits per heavy atom. The largest absolute Gasteiger partial charge is 0.307 e. The van der Waals surface area contributed by atoms with E-state index >= 15 is 0 Å². The number of fused-ring (bicyclic) bond motifs is 8. The first kappa shape index (κ1) is 35.3. The highest BCUT2D eigenvalue weighted by molar-refractivity contribution is 6.23. The van der Waals surface area contributed by atoms with Gasteiger partial charge in [-0.15, -0.1) is 0 Å². The van der Waals surface area contributed by atoms with E-state index in [4.69, 9.17) is 15.0 Å². The second kappa shape index (κ2) is 13.1. The zero-order valence-electron chi connectivity index (χ0n) is 34.1. The third-order valence-electron chi connectivity index (χ3n) is 13.3. The zero-order valence-corrected chi connectivity index (χ0v) is 34.1. The number of benzene rings is 7. The van der Waals surface area contributed by atoms with E-state index in [0.717, 1.165) is 56.1 Å². The molecule has 1 atom stereocenters. The quantitative estimate of drug-likeness (QED) is 0.175. The smallest absolute Gasteiger partial charge is 0.238 e. The van der Waals surface area contributed by atoms with Crippen molar-refractivity contribution < 1.29 is 0 Å². The summed E-state index contributed by atoms with van der Waals surface area (Å²) in [4.78, 5) is 15.6. The Kier molecular flexibility index (Phi) is 7.83. The van der Waals surface area contributed by atoms with E-state index in [2.05, 4.69) is 171 Å². The van der Waals surface area contributed by atoms with Gasteiger partial charge in [0, 0.05) is 38.4 Å². The van der Waals surface area contributed by atoms with Crippen LogP contribution in [0.5, 0.6) is 0 Å². The van der Waals surface area contributed by atoms with Gasteiger partial charge in [-0.05, 0) is 69.7 Å². The Morgan fingerprint density at radius 3 is 1.59 bits per heavy atom. The average molecular weight is 764 g/mol. The van der Waals surface area contributed by atoms with Gasteiger partial charge < -0.3 is 4.57 Å². The van der Waals surface area contributed by atoms with Crippen LogP contribution in [0.4, 0.5) is 0 Å². The average Bonchev–Trinajstić information content (AvgIpc) is 3.79. The van der Waals surface area contributed by atoms with Crippen molar-refractivity contribution in [1.82, 2.24) is 24.1 Å². The molecule has 1 aliphatic rings. The Labute approximate surface area is 344 Å². The Morgan fingerprint density at radius 2 is 1.00 bits per heavy atom. The van der Waals surface area contributed by atoms with Crippen LogP contribution in [-0.4, -0.2) is 24.1 Å². The second-order valence-electron chi connectivity index (χ2n) is 17.6. The minimum atomic E-state index is 0.0706. The van der Waals surface area contributed by atoms with Gasteiger partial charge in [0.25, 0.3) is 0 Å². The monoisotopic (exact) mass is 763 g/mol. The van der Waals surface area contributed by atoms with Crippen molar-refractivity contribution in [2.24, 2.45) is 5.92 Å². The molecule has 0 bridgehead atoms. The van der Waals surface area contributed by atoms with Crippen LogP contribution in [0.3, 0.4) is 0 Å². The molecular weight excluding hydrogens is 719 g/mol. The molecule has 0 N–H and O–H groups in total. The minimum Gasteiger partial charge on any atom is -0.307 e. The summed E-state index contributed by atoms with van der Waals surface area (Å²) in [5, 5.41) is 4.67. The second-order valence-corrected chi connectivity index (χ2v) is 17.6. The van der Waals surface area contributed by atoms with Crippen LogP contribution in [0.1, 0.15) is 52.2 Å². The Hall–Kier alpha value is -6.85. The predicted octanol–water partition coefficient (Wildman–Crippen LogP) is 13.7. The normalized spacial score (nSPS) is 15.9. The maximum absolute atomic E-state index is 5.27. The molecule has 0 radical (unpaired) electrons. The fourth-order valence-corrected chi connectivity index (χ4v) is 10.1. The highest BCUT2D eigenvalue weighted by Crippen LogP contribution is 2.52. The molecule has 1 aliphatic carbocycles. The van der Waals surface area contributed by atoms with Crippen LogP contribution < -0.4 is 0 Å². The molecule has 5 nitrogen and oxygen atoms in total. The van der Waals surface area contributed by atoms with E-state index in [0.29, 0.717) is 23.5 Å². The van der Waals surface area contributed by atoms with E-state index in [1.807, 2.05) is 36.4 Å². The van der Waals surface area contributed by atoms with Crippen molar-refractivity contribution in [3.05, 3.63) is 175 Å². The molecule has 1 unspecified atom stereocenters. The number of hydrogen-bond donors (Lipinski definition) is 0. The number of hydrogen-bond acceptors (Lipinski definition) is 3. The lowest BCUT2D eigenvalue weighted by Gasteiger charge is -2.47. The van der Waals surface area contributed by atoms with Gasteiger partial charge in [0.1, 0.15) is 0 Å². The number of rotatable bonds is 5. The van der Waals surface area contributed by atoms with E-state index < -0.39 is 0 Å². The fourth-order valence-electron chi connectivity index (χ4n) is 10.1. The number of aromatic nitrogens is 5. The molecule has 0 fully saturated rings. The van der Waals surface area contributed by atoms with Crippen molar-refractivity contribution in [1.29, 1.82) is 0 Å². The van der Waals surface area contributed by atoms with Crippen molar-refractivity contribution in [3.63, 3.8) is 0 Å². The van der Waals surface area contributed by atoms with Gasteiger partial charge in [0.05, 0.1) is 22.1 Å². The van der Waals surface area contributed by atoms with Crippen LogP contribution >= 0.6 is 0 Å². The summed E-state index contributed by atoms with van der Waals surface area (Å²) in [6.45, 7) is 12.1. The van der Waals surface area contributed by atoms with Gasteiger partial charge >= 0.3 is 0 Å². The molecule has 3 aromatic heterocycles. The van der Waals surface area contributed by atoms with Crippen molar-refractivity contribution in [2.45, 2.75) is 51.9 Å². The molecule has 10 aromatic rings. The first-order valence-corrected chi connectivity index (χ1v) is 20.8. The Balaban J connectivity index is 1.19. The third-order valence-corrected chi connectivity index (χ3v) is 13.3. The first-order valence-electron chi connectivity index (χ1n) is 20.8. The van der Waals surface area contributed by atoms with Crippen LogP contribution in [0.2, 0.25) is 0 Å². The number of para-hydroxylation sites is 2. The number of nitrogens with zero attached hydrogens (tertiary/aromatic N) is 5. The maximum Gasteiger partial charge on any atom is 0.238 e. The molecule has 0 amide bonds. The summed E-state index contributed by atoms with van der Waals surface area (Å²) in [6, 6.07) is 58.6. The van der Waals surface area contributed by atoms with Crippen LogP contribution in [0.15, 0.2) is 164 Å². The minimum absolute atomic E-state index is 0.0706. The molecular formula is C54H45N5. The van der Waals surface area contributed by atoms with Crippen molar-refractivity contribution >= 4 is 43.6 Å². The van der Waals surface area contributed by atoms with E-state index in [9.17, 15) is 0 Å². The lowest BCUT2D eigenvalue weighted by Crippen LogP contribution is -2.40. The molecule has 0 saturated heterocycles. The van der Waals surface area contributed by atoms with E-state index in [-0.39, 0.29) is 10.8 Å². The van der Waals surface area contributed by atoms with Gasteiger partial charge in [0.15, 0.2) is 11.6 Å². The summed E-state index contributed by atoms with van der Waals surface area (Å²) in [7, 11) is 0. The molecule has 5 heteroatoms. The molecule has 7 aromatic carbocycles. The van der Waals surface area contributed by atoms with Gasteiger partial charge in [-0.1, -0.05) is 174 Å². The van der Waals surface area contributed by atoms with E-state index in [1.165, 1.54) is 33.0 Å². The van der Waals surface area contributed by atoms with Gasteiger partial charge in [-0.2, -0.15) is 9.97 Å². The SMILES string of the molecule is CC1CC(C)(C)c2c(-c3ccc(-n4c5ccccc5c5ccc6c7ccccc7n(-c7nc(-c8ccccc8)nc(-c8ccccc8)n7)c6c54)cc3)cccc2C1(C)C. The molecule has 11 rings (SSSR count). The maximum atomic E-state index is 5.27. The summed E-state index contributed by atoms with van der Waals surface area (Å²) in [6.07, 6.45) is 1.16. The topological polar surface area (TPSA) is 48.5 Å². The van der Waals surface area contributed by atoms with Gasteiger partial charge in [-0.3, -0.25) is 4.57 Å². The van der Waals surface area contributed by atoms with Crippen LogP contribution in [0.25, 0.3) is 89.2 Å².